The van der Waals surface area contributed by atoms with Gasteiger partial charge in [-0.1, -0.05) is 6.07 Å². The van der Waals surface area contributed by atoms with Crippen molar-refractivity contribution in [1.82, 2.24) is 0 Å². The number of ether oxygens (including phenoxy) is 2. The number of hydrogen-bond donors (Lipinski definition) is 1. The summed E-state index contributed by atoms with van der Waals surface area (Å²) < 4.78 is 10.4. The molecule has 0 bridgehead atoms. The van der Waals surface area contributed by atoms with Crippen molar-refractivity contribution in [3.63, 3.8) is 0 Å². The summed E-state index contributed by atoms with van der Waals surface area (Å²) in [6, 6.07) is 11.6. The predicted octanol–water partition coefficient (Wildman–Crippen LogP) is 2.92. The molecular formula is C18H20N2O5. The normalized spacial score (nSPS) is 11.6. The molecule has 0 heterocycles. The number of Topliss-reactive ketones (excluding diaryl/α,β-unsaturated/α-hetero) is 1. The van der Waals surface area contributed by atoms with E-state index in [1.54, 1.807) is 42.5 Å². The fourth-order valence-corrected chi connectivity index (χ4v) is 2.59. The molecule has 7 nitrogen and oxygen atoms in total. The molecule has 2 aromatic rings. The van der Waals surface area contributed by atoms with Crippen LogP contribution in [0.1, 0.15) is 28.3 Å². The molecule has 0 aliphatic rings. The third-order valence-electron chi connectivity index (χ3n) is 3.91. The number of nitrogens with two attached hydrogens (primary N) is 1. The zero-order chi connectivity index (χ0) is 18.4. The van der Waals surface area contributed by atoms with Crippen LogP contribution in [0, 0.1) is 10.1 Å². The lowest BCUT2D eigenvalue weighted by Crippen LogP contribution is -2.17. The Labute approximate surface area is 145 Å². The van der Waals surface area contributed by atoms with Gasteiger partial charge in [-0.2, -0.15) is 0 Å². The van der Waals surface area contributed by atoms with Gasteiger partial charge < -0.3 is 15.2 Å². The second-order valence-corrected chi connectivity index (χ2v) is 5.58. The summed E-state index contributed by atoms with van der Waals surface area (Å²) in [6.07, 6.45) is 0.0143. The number of ketones is 1. The first kappa shape index (κ1) is 18.3. The third-order valence-corrected chi connectivity index (χ3v) is 3.91. The molecule has 25 heavy (non-hydrogen) atoms. The summed E-state index contributed by atoms with van der Waals surface area (Å²) >= 11 is 0. The SMILES string of the molecule is COc1ccc(C(CC(=O)c2ccc(N)cc2)C[N+](=O)[O-])cc1OC. The Hall–Kier alpha value is -3.09. The Morgan fingerprint density at radius 1 is 1.12 bits per heavy atom. The number of nitro groups is 1. The molecule has 0 saturated heterocycles. The van der Waals surface area contributed by atoms with Gasteiger partial charge in [-0.05, 0) is 42.0 Å². The van der Waals surface area contributed by atoms with Gasteiger partial charge in [0, 0.05) is 22.6 Å². The standard InChI is InChI=1S/C18H20N2O5/c1-24-17-8-5-13(10-18(17)25-2)14(11-20(22)23)9-16(21)12-3-6-15(19)7-4-12/h3-8,10,14H,9,11,19H2,1-2H3. The number of rotatable bonds is 8. The molecule has 1 unspecified atom stereocenters. The lowest BCUT2D eigenvalue weighted by molar-refractivity contribution is -0.483. The largest absolute Gasteiger partial charge is 0.493 e. The van der Waals surface area contributed by atoms with Gasteiger partial charge in [0.05, 0.1) is 20.1 Å². The molecule has 0 radical (unpaired) electrons. The zero-order valence-corrected chi connectivity index (χ0v) is 14.1. The highest BCUT2D eigenvalue weighted by atomic mass is 16.6. The van der Waals surface area contributed by atoms with E-state index >= 15 is 0 Å². The second kappa shape index (κ2) is 8.14. The molecule has 7 heteroatoms. The quantitative estimate of drug-likeness (QED) is 0.342. The Morgan fingerprint density at radius 2 is 1.76 bits per heavy atom. The summed E-state index contributed by atoms with van der Waals surface area (Å²) in [7, 11) is 3.00. The van der Waals surface area contributed by atoms with Crippen LogP contribution in [0.15, 0.2) is 42.5 Å². The van der Waals surface area contributed by atoms with E-state index in [-0.39, 0.29) is 18.7 Å². The van der Waals surface area contributed by atoms with Crippen LogP contribution in [-0.2, 0) is 0 Å². The lowest BCUT2D eigenvalue weighted by atomic mass is 9.91. The molecule has 2 N–H and O–H groups in total. The fraction of sp³-hybridized carbons (Fsp3) is 0.278. The number of benzene rings is 2. The van der Waals surface area contributed by atoms with E-state index in [0.717, 1.165) is 0 Å². The minimum atomic E-state index is -0.570. The van der Waals surface area contributed by atoms with E-state index in [1.165, 1.54) is 14.2 Å². The van der Waals surface area contributed by atoms with Crippen LogP contribution in [0.4, 0.5) is 5.69 Å². The first-order chi connectivity index (χ1) is 11.9. The summed E-state index contributed by atoms with van der Waals surface area (Å²) in [5, 5.41) is 11.0. The van der Waals surface area contributed by atoms with Crippen molar-refractivity contribution in [3.05, 3.63) is 63.7 Å². The van der Waals surface area contributed by atoms with E-state index in [2.05, 4.69) is 0 Å². The van der Waals surface area contributed by atoms with Crippen LogP contribution in [0.5, 0.6) is 11.5 Å². The van der Waals surface area contributed by atoms with E-state index in [9.17, 15) is 14.9 Å². The molecular weight excluding hydrogens is 324 g/mol. The second-order valence-electron chi connectivity index (χ2n) is 5.58. The van der Waals surface area contributed by atoms with Crippen molar-refractivity contribution in [3.8, 4) is 11.5 Å². The van der Waals surface area contributed by atoms with Crippen molar-refractivity contribution in [1.29, 1.82) is 0 Å². The van der Waals surface area contributed by atoms with Crippen LogP contribution in [-0.4, -0.2) is 31.5 Å². The smallest absolute Gasteiger partial charge is 0.211 e. The maximum absolute atomic E-state index is 12.5. The lowest BCUT2D eigenvalue weighted by Gasteiger charge is -2.15. The number of anilines is 1. The van der Waals surface area contributed by atoms with Gasteiger partial charge in [-0.25, -0.2) is 0 Å². The number of methoxy groups -OCH3 is 2. The molecule has 0 aliphatic carbocycles. The van der Waals surface area contributed by atoms with Gasteiger partial charge in [-0.15, -0.1) is 0 Å². The number of carbonyl (C=O) groups excluding carboxylic acids is 1. The zero-order valence-electron chi connectivity index (χ0n) is 14.1. The highest BCUT2D eigenvalue weighted by molar-refractivity contribution is 5.96. The van der Waals surface area contributed by atoms with Crippen molar-refractivity contribution in [2.24, 2.45) is 0 Å². The summed E-state index contributed by atoms with van der Waals surface area (Å²) in [5.74, 6) is 0.241. The number of carbonyl (C=O) groups is 1. The average molecular weight is 344 g/mol. The van der Waals surface area contributed by atoms with E-state index < -0.39 is 10.8 Å². The van der Waals surface area contributed by atoms with Crippen LogP contribution in [0.25, 0.3) is 0 Å². The highest BCUT2D eigenvalue weighted by Gasteiger charge is 2.23. The molecule has 0 amide bonds. The molecule has 2 rings (SSSR count). The average Bonchev–Trinajstić information content (AvgIpc) is 2.60. The molecule has 132 valence electrons. The minimum absolute atomic E-state index is 0.0143. The Kier molecular flexibility index (Phi) is 5.94. The highest BCUT2D eigenvalue weighted by Crippen LogP contribution is 2.32. The van der Waals surface area contributed by atoms with Crippen LogP contribution >= 0.6 is 0 Å². The number of nitrogen functional groups attached to an aromatic ring is 1. The molecule has 0 aromatic heterocycles. The predicted molar refractivity (Wildman–Crippen MR) is 94.0 cm³/mol. The van der Waals surface area contributed by atoms with Crippen molar-refractivity contribution < 1.29 is 19.2 Å². The van der Waals surface area contributed by atoms with E-state index in [1.807, 2.05) is 0 Å². The van der Waals surface area contributed by atoms with Crippen LogP contribution < -0.4 is 15.2 Å². The van der Waals surface area contributed by atoms with Gasteiger partial charge in [0.2, 0.25) is 6.54 Å². The van der Waals surface area contributed by atoms with Gasteiger partial charge in [0.25, 0.3) is 0 Å². The Morgan fingerprint density at radius 3 is 2.32 bits per heavy atom. The topological polar surface area (TPSA) is 105 Å². The monoisotopic (exact) mass is 344 g/mol. The molecule has 1 atom stereocenters. The van der Waals surface area contributed by atoms with Crippen LogP contribution in [0.2, 0.25) is 0 Å². The minimum Gasteiger partial charge on any atom is -0.493 e. The maximum Gasteiger partial charge on any atom is 0.211 e. The fourth-order valence-electron chi connectivity index (χ4n) is 2.59. The van der Waals surface area contributed by atoms with E-state index in [4.69, 9.17) is 15.2 Å². The van der Waals surface area contributed by atoms with Gasteiger partial charge in [0.1, 0.15) is 0 Å². The first-order valence-electron chi connectivity index (χ1n) is 7.67. The van der Waals surface area contributed by atoms with Crippen LogP contribution in [0.3, 0.4) is 0 Å². The third kappa shape index (κ3) is 4.69. The molecule has 2 aromatic carbocycles. The van der Waals surface area contributed by atoms with Gasteiger partial charge >= 0.3 is 0 Å². The maximum atomic E-state index is 12.5. The van der Waals surface area contributed by atoms with Crippen molar-refractivity contribution >= 4 is 11.5 Å². The summed E-state index contributed by atoms with van der Waals surface area (Å²) in [4.78, 5) is 23.1. The molecule has 0 aliphatic heterocycles. The van der Waals surface area contributed by atoms with Crippen molar-refractivity contribution in [2.45, 2.75) is 12.3 Å². The summed E-state index contributed by atoms with van der Waals surface area (Å²) in [5.41, 5.74) is 7.30. The molecule has 0 saturated carbocycles. The number of hydrogen-bond acceptors (Lipinski definition) is 6. The first-order valence-corrected chi connectivity index (χ1v) is 7.67. The van der Waals surface area contributed by atoms with E-state index in [0.29, 0.717) is 28.3 Å². The molecule has 0 spiro atoms. The van der Waals surface area contributed by atoms with Crippen molar-refractivity contribution in [2.75, 3.05) is 26.5 Å². The van der Waals surface area contributed by atoms with Gasteiger partial charge in [-0.3, -0.25) is 14.9 Å². The van der Waals surface area contributed by atoms with Gasteiger partial charge in [0.15, 0.2) is 17.3 Å². The Bertz CT molecular complexity index is 759. The molecule has 0 fully saturated rings. The Balaban J connectivity index is 2.28. The summed E-state index contributed by atoms with van der Waals surface area (Å²) in [6.45, 7) is -0.351. The number of nitrogens with zero attached hydrogens (tertiary/aromatic N) is 1.